The van der Waals surface area contributed by atoms with Gasteiger partial charge in [0.05, 0.1) is 12.0 Å². The number of rotatable bonds is 5. The summed E-state index contributed by atoms with van der Waals surface area (Å²) < 4.78 is 5.38. The van der Waals surface area contributed by atoms with E-state index in [-0.39, 0.29) is 23.2 Å². The number of nitrogens with zero attached hydrogens (tertiary/aromatic N) is 1. The highest BCUT2D eigenvalue weighted by Gasteiger charge is 2.36. The Balaban J connectivity index is 2.55. The van der Waals surface area contributed by atoms with Gasteiger partial charge in [0.2, 0.25) is 0 Å². The highest BCUT2D eigenvalue weighted by Crippen LogP contribution is 2.40. The van der Waals surface area contributed by atoms with Gasteiger partial charge in [0.25, 0.3) is 5.91 Å². The zero-order valence-corrected chi connectivity index (χ0v) is 16.8. The van der Waals surface area contributed by atoms with E-state index in [0.29, 0.717) is 5.92 Å². The Kier molecular flexibility index (Phi) is 7.05. The Hall–Kier alpha value is -1.57. The Morgan fingerprint density at radius 2 is 1.60 bits per heavy atom. The molecular weight excluding hydrogens is 316 g/mol. The second-order valence-corrected chi connectivity index (χ2v) is 8.95. The monoisotopic (exact) mass is 350 g/mol. The highest BCUT2D eigenvalue weighted by molar-refractivity contribution is 5.84. The number of carbonyl (C=O) groups is 2. The zero-order valence-electron chi connectivity index (χ0n) is 16.8. The van der Waals surface area contributed by atoms with Crippen LogP contribution in [0.25, 0.3) is 0 Å². The molecule has 0 aromatic rings. The first kappa shape index (κ1) is 21.5. The Bertz CT molecular complexity index is 522. The molecule has 0 spiro atoms. The van der Waals surface area contributed by atoms with E-state index in [1.54, 1.807) is 13.8 Å². The molecule has 0 aliphatic heterocycles. The van der Waals surface area contributed by atoms with Gasteiger partial charge in [0.15, 0.2) is 6.10 Å². The van der Waals surface area contributed by atoms with Crippen molar-refractivity contribution >= 4 is 11.9 Å². The predicted molar refractivity (Wildman–Crippen MR) is 97.5 cm³/mol. The van der Waals surface area contributed by atoms with Crippen molar-refractivity contribution in [3.8, 4) is 6.07 Å². The van der Waals surface area contributed by atoms with Crippen molar-refractivity contribution in [1.29, 1.82) is 5.26 Å². The van der Waals surface area contributed by atoms with Gasteiger partial charge in [-0.15, -0.1) is 0 Å². The van der Waals surface area contributed by atoms with Crippen LogP contribution in [0.2, 0.25) is 0 Å². The Labute approximate surface area is 152 Å². The molecule has 1 amide bonds. The molecule has 1 rings (SSSR count). The molecule has 0 bridgehead atoms. The van der Waals surface area contributed by atoms with Crippen LogP contribution in [0.15, 0.2) is 0 Å². The highest BCUT2D eigenvalue weighted by atomic mass is 16.5. The van der Waals surface area contributed by atoms with Gasteiger partial charge in [-0.05, 0) is 56.8 Å². The molecule has 2 unspecified atom stereocenters. The third kappa shape index (κ3) is 5.73. The lowest BCUT2D eigenvalue weighted by molar-refractivity contribution is -0.160. The molecule has 25 heavy (non-hydrogen) atoms. The van der Waals surface area contributed by atoms with Crippen molar-refractivity contribution < 1.29 is 14.3 Å². The van der Waals surface area contributed by atoms with E-state index in [1.807, 2.05) is 13.8 Å². The number of esters is 1. The van der Waals surface area contributed by atoms with Crippen molar-refractivity contribution in [1.82, 2.24) is 5.32 Å². The molecule has 0 radical (unpaired) electrons. The molecule has 5 heteroatoms. The number of amides is 1. The first-order valence-corrected chi connectivity index (χ1v) is 9.34. The molecular formula is C20H34N2O3. The number of nitrogens with one attached hydrogen (secondary N) is 1. The summed E-state index contributed by atoms with van der Waals surface area (Å²) in [4.78, 5) is 24.7. The molecule has 1 N–H and O–H groups in total. The molecule has 5 nitrogen and oxygen atoms in total. The summed E-state index contributed by atoms with van der Waals surface area (Å²) in [5, 5.41) is 12.0. The van der Waals surface area contributed by atoms with Gasteiger partial charge in [0.1, 0.15) is 5.54 Å². The molecule has 1 aliphatic carbocycles. The van der Waals surface area contributed by atoms with Gasteiger partial charge in [-0.25, -0.2) is 0 Å². The molecule has 1 aliphatic rings. The summed E-state index contributed by atoms with van der Waals surface area (Å²) in [7, 11) is 0. The maximum Gasteiger partial charge on any atom is 0.309 e. The van der Waals surface area contributed by atoms with Gasteiger partial charge >= 0.3 is 5.97 Å². The van der Waals surface area contributed by atoms with Gasteiger partial charge in [-0.2, -0.15) is 5.26 Å². The topological polar surface area (TPSA) is 79.2 Å². The molecule has 142 valence electrons. The van der Waals surface area contributed by atoms with Crippen LogP contribution in [0, 0.1) is 34.5 Å². The van der Waals surface area contributed by atoms with Crippen LogP contribution in [0.3, 0.4) is 0 Å². The van der Waals surface area contributed by atoms with Crippen LogP contribution in [0.4, 0.5) is 0 Å². The van der Waals surface area contributed by atoms with E-state index in [9.17, 15) is 14.9 Å². The third-order valence-electron chi connectivity index (χ3n) is 5.72. The smallest absolute Gasteiger partial charge is 0.309 e. The van der Waals surface area contributed by atoms with Crippen molar-refractivity contribution in [3.05, 3.63) is 0 Å². The van der Waals surface area contributed by atoms with E-state index in [4.69, 9.17) is 4.74 Å². The van der Waals surface area contributed by atoms with Crippen LogP contribution in [0.5, 0.6) is 0 Å². The molecule has 2 atom stereocenters. The quantitative estimate of drug-likeness (QED) is 0.764. The minimum absolute atomic E-state index is 0.0444. The summed E-state index contributed by atoms with van der Waals surface area (Å²) in [5.41, 5.74) is -0.705. The van der Waals surface area contributed by atoms with E-state index < -0.39 is 17.6 Å². The van der Waals surface area contributed by atoms with E-state index >= 15 is 0 Å². The van der Waals surface area contributed by atoms with Crippen molar-refractivity contribution in [3.63, 3.8) is 0 Å². The molecule has 0 saturated heterocycles. The summed E-state index contributed by atoms with van der Waals surface area (Å²) in [6.07, 6.45) is 2.78. The number of hydrogen-bond acceptors (Lipinski definition) is 4. The van der Waals surface area contributed by atoms with Crippen LogP contribution in [-0.2, 0) is 14.3 Å². The average molecular weight is 351 g/mol. The summed E-state index contributed by atoms with van der Waals surface area (Å²) in [6.45, 7) is 13.7. The fourth-order valence-electron chi connectivity index (χ4n) is 3.18. The van der Waals surface area contributed by atoms with Crippen molar-refractivity contribution in [2.45, 2.75) is 85.8 Å². The fourth-order valence-corrected chi connectivity index (χ4v) is 3.18. The molecule has 1 saturated carbocycles. The van der Waals surface area contributed by atoms with Crippen LogP contribution < -0.4 is 5.32 Å². The SMILES string of the molecule is CC(OC(=O)C1CCC(C(C)(C)C)CC1)C(=O)NC(C)(C#N)C(C)C. The second-order valence-electron chi connectivity index (χ2n) is 8.95. The maximum absolute atomic E-state index is 12.4. The Morgan fingerprint density at radius 3 is 2.00 bits per heavy atom. The number of hydrogen-bond donors (Lipinski definition) is 1. The van der Waals surface area contributed by atoms with Crippen molar-refractivity contribution in [2.75, 3.05) is 0 Å². The van der Waals surface area contributed by atoms with Crippen LogP contribution in [0.1, 0.15) is 74.1 Å². The fraction of sp³-hybridized carbons (Fsp3) is 0.850. The average Bonchev–Trinajstić information content (AvgIpc) is 2.53. The normalized spacial score (nSPS) is 24.8. The molecule has 0 aromatic carbocycles. The standard InChI is InChI=1S/C20H34N2O3/c1-13(2)20(7,12-21)22-17(23)14(3)25-18(24)15-8-10-16(11-9-15)19(4,5)6/h13-16H,8-11H2,1-7H3,(H,22,23). The van der Waals surface area contributed by atoms with Gasteiger partial charge in [0, 0.05) is 0 Å². The summed E-state index contributed by atoms with van der Waals surface area (Å²) >= 11 is 0. The maximum atomic E-state index is 12.4. The van der Waals surface area contributed by atoms with Crippen LogP contribution in [-0.4, -0.2) is 23.5 Å². The molecule has 1 fully saturated rings. The first-order valence-electron chi connectivity index (χ1n) is 9.34. The minimum Gasteiger partial charge on any atom is -0.452 e. The minimum atomic E-state index is -0.970. The number of carbonyl (C=O) groups excluding carboxylic acids is 2. The number of ether oxygens (including phenoxy) is 1. The summed E-state index contributed by atoms with van der Waals surface area (Å²) in [6, 6.07) is 2.13. The van der Waals surface area contributed by atoms with Crippen LogP contribution >= 0.6 is 0 Å². The van der Waals surface area contributed by atoms with Crippen molar-refractivity contribution in [2.24, 2.45) is 23.2 Å². The predicted octanol–water partition coefficient (Wildman–Crippen LogP) is 3.83. The lowest BCUT2D eigenvalue weighted by atomic mass is 9.70. The van der Waals surface area contributed by atoms with E-state index in [1.165, 1.54) is 0 Å². The van der Waals surface area contributed by atoms with Gasteiger partial charge < -0.3 is 10.1 Å². The first-order chi connectivity index (χ1) is 11.4. The number of nitriles is 1. The van der Waals surface area contributed by atoms with Gasteiger partial charge in [-0.1, -0.05) is 34.6 Å². The lowest BCUT2D eigenvalue weighted by Gasteiger charge is -2.36. The molecule has 0 heterocycles. The zero-order chi connectivity index (χ0) is 19.4. The second kappa shape index (κ2) is 8.21. The largest absolute Gasteiger partial charge is 0.452 e. The van der Waals surface area contributed by atoms with E-state index in [0.717, 1.165) is 25.7 Å². The summed E-state index contributed by atoms with van der Waals surface area (Å²) in [5.74, 6) is -0.259. The lowest BCUT2D eigenvalue weighted by Crippen LogP contribution is -2.52. The molecule has 0 aromatic heterocycles. The third-order valence-corrected chi connectivity index (χ3v) is 5.72. The Morgan fingerprint density at radius 1 is 1.08 bits per heavy atom. The van der Waals surface area contributed by atoms with E-state index in [2.05, 4.69) is 32.2 Å². The van der Waals surface area contributed by atoms with Gasteiger partial charge in [-0.3, -0.25) is 9.59 Å².